The zero-order chi connectivity index (χ0) is 11.8. The number of carbonyl (C=O) groups excluding carboxylic acids is 1. The maximum atomic E-state index is 11.5. The predicted molar refractivity (Wildman–Crippen MR) is 65.2 cm³/mol. The first-order valence-electron chi connectivity index (χ1n) is 6.60. The molecule has 16 heavy (non-hydrogen) atoms. The van der Waals surface area contributed by atoms with Crippen LogP contribution in [-0.4, -0.2) is 25.7 Å². The van der Waals surface area contributed by atoms with Gasteiger partial charge in [0.2, 0.25) is 0 Å². The normalized spacial score (nSPS) is 22.8. The van der Waals surface area contributed by atoms with Gasteiger partial charge in [-0.1, -0.05) is 20.3 Å². The number of hydrogen-bond donors (Lipinski definition) is 1. The minimum atomic E-state index is -0.0217. The van der Waals surface area contributed by atoms with Gasteiger partial charge in [0.1, 0.15) is 0 Å². The lowest BCUT2D eigenvalue weighted by atomic mass is 9.85. The van der Waals surface area contributed by atoms with E-state index in [4.69, 9.17) is 4.74 Å². The van der Waals surface area contributed by atoms with E-state index in [9.17, 15) is 4.79 Å². The summed E-state index contributed by atoms with van der Waals surface area (Å²) in [4.78, 5) is 11.5. The number of rotatable bonds is 6. The highest BCUT2D eigenvalue weighted by molar-refractivity contribution is 5.69. The predicted octanol–water partition coefficient (Wildman–Crippen LogP) is 2.36. The molecule has 0 aliphatic carbocycles. The molecule has 0 spiro atoms. The van der Waals surface area contributed by atoms with E-state index in [0.29, 0.717) is 24.9 Å². The number of ether oxygens (including phenoxy) is 1. The molecule has 3 nitrogen and oxygen atoms in total. The van der Waals surface area contributed by atoms with Crippen molar-refractivity contribution < 1.29 is 9.53 Å². The molecular formula is C13H25NO2. The van der Waals surface area contributed by atoms with Gasteiger partial charge >= 0.3 is 5.97 Å². The molecule has 0 aromatic carbocycles. The molecule has 0 amide bonds. The van der Waals surface area contributed by atoms with Crippen LogP contribution in [0.1, 0.15) is 46.0 Å². The van der Waals surface area contributed by atoms with Crippen LogP contribution in [0.15, 0.2) is 0 Å². The molecule has 1 saturated heterocycles. The molecular weight excluding hydrogens is 202 g/mol. The van der Waals surface area contributed by atoms with Crippen molar-refractivity contribution >= 4 is 5.97 Å². The highest BCUT2D eigenvalue weighted by Gasteiger charge is 2.22. The largest absolute Gasteiger partial charge is 0.466 e. The molecule has 1 heterocycles. The number of hydrogen-bond acceptors (Lipinski definition) is 3. The first-order valence-corrected chi connectivity index (χ1v) is 6.60. The van der Waals surface area contributed by atoms with E-state index in [1.54, 1.807) is 0 Å². The van der Waals surface area contributed by atoms with Gasteiger partial charge < -0.3 is 10.1 Å². The van der Waals surface area contributed by atoms with Crippen LogP contribution in [-0.2, 0) is 9.53 Å². The van der Waals surface area contributed by atoms with Crippen molar-refractivity contribution in [3.8, 4) is 0 Å². The van der Waals surface area contributed by atoms with Crippen LogP contribution < -0.4 is 5.32 Å². The van der Waals surface area contributed by atoms with E-state index >= 15 is 0 Å². The molecule has 1 aliphatic rings. The third kappa shape index (κ3) is 4.97. The SMILES string of the molecule is CCCCOC(=O)CC(C)C1CCCNC1. The summed E-state index contributed by atoms with van der Waals surface area (Å²) in [7, 11) is 0. The van der Waals surface area contributed by atoms with E-state index in [1.165, 1.54) is 12.8 Å². The fourth-order valence-corrected chi connectivity index (χ4v) is 2.18. The Morgan fingerprint density at radius 2 is 2.38 bits per heavy atom. The van der Waals surface area contributed by atoms with Crippen molar-refractivity contribution in [2.45, 2.75) is 46.0 Å². The van der Waals surface area contributed by atoms with E-state index in [-0.39, 0.29) is 5.97 Å². The van der Waals surface area contributed by atoms with Crippen LogP contribution in [0.2, 0.25) is 0 Å². The van der Waals surface area contributed by atoms with Crippen LogP contribution in [0.25, 0.3) is 0 Å². The Kier molecular flexibility index (Phi) is 6.46. The average molecular weight is 227 g/mol. The smallest absolute Gasteiger partial charge is 0.306 e. The Bertz CT molecular complexity index is 200. The third-order valence-electron chi connectivity index (χ3n) is 3.39. The van der Waals surface area contributed by atoms with Crippen LogP contribution >= 0.6 is 0 Å². The van der Waals surface area contributed by atoms with E-state index in [0.717, 1.165) is 25.9 Å². The fraction of sp³-hybridized carbons (Fsp3) is 0.923. The maximum absolute atomic E-state index is 11.5. The monoisotopic (exact) mass is 227 g/mol. The van der Waals surface area contributed by atoms with Crippen molar-refractivity contribution in [3.63, 3.8) is 0 Å². The molecule has 1 N–H and O–H groups in total. The Labute approximate surface area is 98.9 Å². The van der Waals surface area contributed by atoms with Crippen LogP contribution in [0.3, 0.4) is 0 Å². The van der Waals surface area contributed by atoms with Crippen LogP contribution in [0, 0.1) is 11.8 Å². The van der Waals surface area contributed by atoms with E-state index < -0.39 is 0 Å². The van der Waals surface area contributed by atoms with Gasteiger partial charge in [-0.2, -0.15) is 0 Å². The second-order valence-corrected chi connectivity index (χ2v) is 4.86. The molecule has 0 bridgehead atoms. The molecule has 94 valence electrons. The van der Waals surface area contributed by atoms with Gasteiger partial charge in [0, 0.05) is 6.42 Å². The minimum absolute atomic E-state index is 0.0217. The number of carbonyl (C=O) groups is 1. The quantitative estimate of drug-likeness (QED) is 0.559. The fourth-order valence-electron chi connectivity index (χ4n) is 2.18. The molecule has 2 atom stereocenters. The maximum Gasteiger partial charge on any atom is 0.306 e. The summed E-state index contributed by atoms with van der Waals surface area (Å²) in [6, 6.07) is 0. The van der Waals surface area contributed by atoms with Crippen molar-refractivity contribution in [3.05, 3.63) is 0 Å². The Morgan fingerprint density at radius 3 is 3.00 bits per heavy atom. The molecule has 0 aromatic heterocycles. The lowest BCUT2D eigenvalue weighted by molar-refractivity contribution is -0.145. The summed E-state index contributed by atoms with van der Waals surface area (Å²) in [5.41, 5.74) is 0. The summed E-state index contributed by atoms with van der Waals surface area (Å²) in [6.07, 6.45) is 5.12. The average Bonchev–Trinajstić information content (AvgIpc) is 2.30. The van der Waals surface area contributed by atoms with Gasteiger partial charge in [-0.3, -0.25) is 4.79 Å². The lowest BCUT2D eigenvalue weighted by Gasteiger charge is -2.27. The van der Waals surface area contributed by atoms with Crippen LogP contribution in [0.5, 0.6) is 0 Å². The van der Waals surface area contributed by atoms with E-state index in [2.05, 4.69) is 19.2 Å². The number of unbranched alkanes of at least 4 members (excludes halogenated alkanes) is 1. The molecule has 0 aromatic rings. The molecule has 1 fully saturated rings. The highest BCUT2D eigenvalue weighted by Crippen LogP contribution is 2.22. The Balaban J connectivity index is 2.16. The zero-order valence-corrected chi connectivity index (χ0v) is 10.6. The Morgan fingerprint density at radius 1 is 1.56 bits per heavy atom. The summed E-state index contributed by atoms with van der Waals surface area (Å²) < 4.78 is 5.18. The van der Waals surface area contributed by atoms with Crippen molar-refractivity contribution in [1.29, 1.82) is 0 Å². The van der Waals surface area contributed by atoms with Gasteiger partial charge in [0.25, 0.3) is 0 Å². The number of esters is 1. The lowest BCUT2D eigenvalue weighted by Crippen LogP contribution is -2.34. The summed E-state index contributed by atoms with van der Waals surface area (Å²) in [5.74, 6) is 1.07. The van der Waals surface area contributed by atoms with Gasteiger partial charge in [-0.05, 0) is 44.2 Å². The third-order valence-corrected chi connectivity index (χ3v) is 3.39. The van der Waals surface area contributed by atoms with Crippen molar-refractivity contribution in [1.82, 2.24) is 5.32 Å². The summed E-state index contributed by atoms with van der Waals surface area (Å²) in [6.45, 7) is 7.04. The van der Waals surface area contributed by atoms with Gasteiger partial charge in [0.15, 0.2) is 0 Å². The topological polar surface area (TPSA) is 38.3 Å². The Hall–Kier alpha value is -0.570. The van der Waals surface area contributed by atoms with Crippen LogP contribution in [0.4, 0.5) is 0 Å². The van der Waals surface area contributed by atoms with Crippen molar-refractivity contribution in [2.75, 3.05) is 19.7 Å². The summed E-state index contributed by atoms with van der Waals surface area (Å²) in [5, 5.41) is 3.39. The highest BCUT2D eigenvalue weighted by atomic mass is 16.5. The number of piperidine rings is 1. The molecule has 0 saturated carbocycles. The first kappa shape index (κ1) is 13.5. The first-order chi connectivity index (χ1) is 7.74. The van der Waals surface area contributed by atoms with Gasteiger partial charge in [-0.25, -0.2) is 0 Å². The molecule has 3 heteroatoms. The van der Waals surface area contributed by atoms with E-state index in [1.807, 2.05) is 0 Å². The number of nitrogens with one attached hydrogen (secondary N) is 1. The molecule has 0 radical (unpaired) electrons. The van der Waals surface area contributed by atoms with Crippen molar-refractivity contribution in [2.24, 2.45) is 11.8 Å². The minimum Gasteiger partial charge on any atom is -0.466 e. The second kappa shape index (κ2) is 7.66. The second-order valence-electron chi connectivity index (χ2n) is 4.86. The molecule has 2 unspecified atom stereocenters. The standard InChI is InChI=1S/C13H25NO2/c1-3-4-8-16-13(15)9-11(2)12-6-5-7-14-10-12/h11-12,14H,3-10H2,1-2H3. The van der Waals surface area contributed by atoms with Gasteiger partial charge in [-0.15, -0.1) is 0 Å². The zero-order valence-electron chi connectivity index (χ0n) is 10.6. The van der Waals surface area contributed by atoms with Gasteiger partial charge in [0.05, 0.1) is 6.61 Å². The molecule has 1 aliphatic heterocycles. The molecule has 1 rings (SSSR count). The summed E-state index contributed by atoms with van der Waals surface area (Å²) >= 11 is 0.